The van der Waals surface area contributed by atoms with Crippen molar-refractivity contribution in [3.8, 4) is 5.69 Å². The molecule has 0 aliphatic carbocycles. The molecule has 0 saturated heterocycles. The summed E-state index contributed by atoms with van der Waals surface area (Å²) in [7, 11) is 3.55. The molecule has 0 atom stereocenters. The van der Waals surface area contributed by atoms with Gasteiger partial charge in [0.25, 0.3) is 0 Å². The molecular weight excluding hydrogens is 409 g/mol. The van der Waals surface area contributed by atoms with Gasteiger partial charge in [0.15, 0.2) is 5.96 Å². The molecule has 3 rings (SSSR count). The summed E-state index contributed by atoms with van der Waals surface area (Å²) in [6.45, 7) is 1.32. The number of halogens is 3. The Morgan fingerprint density at radius 3 is 2.65 bits per heavy atom. The van der Waals surface area contributed by atoms with Gasteiger partial charge in [-0.15, -0.1) is 0 Å². The highest BCUT2D eigenvalue weighted by atomic mass is 19.4. The molecule has 2 N–H and O–H groups in total. The Balaban J connectivity index is 1.49. The summed E-state index contributed by atoms with van der Waals surface area (Å²) < 4.78 is 40.0. The summed E-state index contributed by atoms with van der Waals surface area (Å²) in [5.41, 5.74) is 0.996. The number of guanidine groups is 1. The summed E-state index contributed by atoms with van der Waals surface area (Å²) in [4.78, 5) is 13.4. The molecule has 0 aliphatic rings. The lowest BCUT2D eigenvalue weighted by atomic mass is 10.3. The highest BCUT2D eigenvalue weighted by molar-refractivity contribution is 5.79. The minimum absolute atomic E-state index is 0.0757. The van der Waals surface area contributed by atoms with Gasteiger partial charge in [0, 0.05) is 51.7 Å². The number of aliphatic imine (C=N–C) groups is 1. The highest BCUT2D eigenvalue weighted by Gasteiger charge is 2.32. The maximum Gasteiger partial charge on any atom is 0.433 e. The topological polar surface area (TPSA) is 83.3 Å². The molecule has 0 spiro atoms. The fourth-order valence-corrected chi connectivity index (χ4v) is 2.85. The van der Waals surface area contributed by atoms with E-state index in [2.05, 4.69) is 30.7 Å². The van der Waals surface area contributed by atoms with Crippen LogP contribution in [-0.4, -0.2) is 57.8 Å². The summed E-state index contributed by atoms with van der Waals surface area (Å²) >= 11 is 0. The van der Waals surface area contributed by atoms with Crippen molar-refractivity contribution in [2.24, 2.45) is 4.99 Å². The highest BCUT2D eigenvalue weighted by Crippen LogP contribution is 2.27. The normalized spacial score (nSPS) is 12.0. The minimum atomic E-state index is -4.50. The zero-order valence-corrected chi connectivity index (χ0v) is 17.1. The molecule has 0 saturated carbocycles. The number of para-hydroxylation sites is 1. The van der Waals surface area contributed by atoms with Gasteiger partial charge in [-0.2, -0.15) is 18.3 Å². The van der Waals surface area contributed by atoms with Crippen LogP contribution in [0.5, 0.6) is 0 Å². The number of alkyl halides is 3. The van der Waals surface area contributed by atoms with E-state index in [0.717, 1.165) is 23.5 Å². The van der Waals surface area contributed by atoms with Gasteiger partial charge < -0.3 is 15.5 Å². The van der Waals surface area contributed by atoms with E-state index in [9.17, 15) is 13.2 Å². The van der Waals surface area contributed by atoms with E-state index in [0.29, 0.717) is 25.6 Å². The van der Waals surface area contributed by atoms with Crippen molar-refractivity contribution in [3.63, 3.8) is 0 Å². The molecular formula is C20H23F3N8. The number of rotatable bonds is 7. The quantitative estimate of drug-likeness (QED) is 0.339. The van der Waals surface area contributed by atoms with E-state index >= 15 is 0 Å². The van der Waals surface area contributed by atoms with Crippen LogP contribution in [0.3, 0.4) is 0 Å². The molecule has 0 fully saturated rings. The molecule has 2 aromatic heterocycles. The zero-order valence-electron chi connectivity index (χ0n) is 17.1. The smallest absolute Gasteiger partial charge is 0.354 e. The van der Waals surface area contributed by atoms with Crippen LogP contribution in [-0.2, 0) is 12.7 Å². The first-order chi connectivity index (χ1) is 14.9. The molecule has 0 unspecified atom stereocenters. The second-order valence-electron chi connectivity index (χ2n) is 6.65. The Hall–Kier alpha value is -3.63. The van der Waals surface area contributed by atoms with Crippen molar-refractivity contribution in [2.75, 3.05) is 32.5 Å². The largest absolute Gasteiger partial charge is 0.433 e. The molecule has 0 radical (unpaired) electrons. The number of hydrogen-bond donors (Lipinski definition) is 2. The third-order valence-corrected chi connectivity index (χ3v) is 4.29. The van der Waals surface area contributed by atoms with Crippen LogP contribution in [0, 0.1) is 0 Å². The Labute approximate surface area is 177 Å². The number of hydrogen-bond acceptors (Lipinski definition) is 5. The van der Waals surface area contributed by atoms with E-state index in [1.54, 1.807) is 17.9 Å². The monoisotopic (exact) mass is 432 g/mol. The molecule has 0 aliphatic heterocycles. The summed E-state index contributed by atoms with van der Waals surface area (Å²) in [5.74, 6) is 0.563. The predicted octanol–water partition coefficient (Wildman–Crippen LogP) is 2.80. The van der Waals surface area contributed by atoms with Crippen LogP contribution in [0.1, 0.15) is 11.3 Å². The second kappa shape index (κ2) is 9.92. The van der Waals surface area contributed by atoms with Crippen molar-refractivity contribution in [1.29, 1.82) is 0 Å². The maximum atomic E-state index is 12.7. The second-order valence-corrected chi connectivity index (χ2v) is 6.65. The molecule has 3 aromatic rings. The number of nitrogens with one attached hydrogen (secondary N) is 2. The minimum Gasteiger partial charge on any atom is -0.354 e. The zero-order chi connectivity index (χ0) is 22.3. The van der Waals surface area contributed by atoms with E-state index < -0.39 is 11.9 Å². The molecule has 8 nitrogen and oxygen atoms in total. The van der Waals surface area contributed by atoms with Gasteiger partial charge in [-0.1, -0.05) is 18.2 Å². The third-order valence-electron chi connectivity index (χ3n) is 4.29. The number of nitrogens with zero attached hydrogens (tertiary/aromatic N) is 6. The Morgan fingerprint density at radius 2 is 1.94 bits per heavy atom. The van der Waals surface area contributed by atoms with Gasteiger partial charge in [-0.3, -0.25) is 4.99 Å². The molecule has 2 heterocycles. The average molecular weight is 432 g/mol. The van der Waals surface area contributed by atoms with Gasteiger partial charge in [0.1, 0.15) is 5.69 Å². The third kappa shape index (κ3) is 6.17. The molecule has 0 amide bonds. The summed E-state index contributed by atoms with van der Waals surface area (Å²) in [6.07, 6.45) is 0.319. The predicted molar refractivity (Wildman–Crippen MR) is 112 cm³/mol. The van der Waals surface area contributed by atoms with Crippen molar-refractivity contribution in [3.05, 3.63) is 66.2 Å². The van der Waals surface area contributed by atoms with Crippen LogP contribution in [0.4, 0.5) is 19.1 Å². The van der Waals surface area contributed by atoms with E-state index in [1.807, 2.05) is 48.5 Å². The Morgan fingerprint density at radius 1 is 1.16 bits per heavy atom. The van der Waals surface area contributed by atoms with Crippen LogP contribution in [0.25, 0.3) is 5.69 Å². The Bertz CT molecular complexity index is 1000. The molecule has 164 valence electrons. The average Bonchev–Trinajstić information content (AvgIpc) is 3.22. The van der Waals surface area contributed by atoms with Crippen LogP contribution in [0.2, 0.25) is 0 Å². The number of aromatic nitrogens is 4. The fourth-order valence-electron chi connectivity index (χ4n) is 2.85. The summed E-state index contributed by atoms with van der Waals surface area (Å²) in [5, 5.41) is 10.3. The summed E-state index contributed by atoms with van der Waals surface area (Å²) in [6, 6.07) is 10.6. The molecule has 0 bridgehead atoms. The fraction of sp³-hybridized carbons (Fsp3) is 0.300. The van der Waals surface area contributed by atoms with Gasteiger partial charge in [0.05, 0.1) is 11.9 Å². The van der Waals surface area contributed by atoms with Crippen LogP contribution >= 0.6 is 0 Å². The van der Waals surface area contributed by atoms with Gasteiger partial charge in [-0.25, -0.2) is 14.6 Å². The first-order valence-electron chi connectivity index (χ1n) is 9.51. The van der Waals surface area contributed by atoms with Crippen LogP contribution in [0.15, 0.2) is 60.0 Å². The lowest BCUT2D eigenvalue weighted by Gasteiger charge is -2.21. The van der Waals surface area contributed by atoms with E-state index in [4.69, 9.17) is 0 Å². The van der Waals surface area contributed by atoms with Crippen molar-refractivity contribution in [1.82, 2.24) is 30.0 Å². The van der Waals surface area contributed by atoms with E-state index in [1.165, 1.54) is 0 Å². The van der Waals surface area contributed by atoms with Crippen LogP contribution < -0.4 is 10.6 Å². The maximum absolute atomic E-state index is 12.7. The SMILES string of the molecule is CN=C(NCCNc1nccc(C(F)(F)F)n1)N(C)Cc1cnn(-c2ccccc2)c1. The number of benzene rings is 1. The van der Waals surface area contributed by atoms with Crippen molar-refractivity contribution >= 4 is 11.9 Å². The molecule has 31 heavy (non-hydrogen) atoms. The van der Waals surface area contributed by atoms with Crippen molar-refractivity contribution < 1.29 is 13.2 Å². The lowest BCUT2D eigenvalue weighted by Crippen LogP contribution is -2.40. The molecule has 1 aromatic carbocycles. The van der Waals surface area contributed by atoms with Crippen molar-refractivity contribution in [2.45, 2.75) is 12.7 Å². The lowest BCUT2D eigenvalue weighted by molar-refractivity contribution is -0.141. The van der Waals surface area contributed by atoms with Gasteiger partial charge >= 0.3 is 6.18 Å². The van der Waals surface area contributed by atoms with E-state index in [-0.39, 0.29) is 5.95 Å². The Kier molecular flexibility index (Phi) is 7.06. The first-order valence-corrected chi connectivity index (χ1v) is 9.51. The standard InChI is InChI=1S/C20H23F3N8/c1-24-19(27-11-10-26-18-25-9-8-17(29-18)20(21,22)23)30(2)13-15-12-28-31(14-15)16-6-4-3-5-7-16/h3-9,12,14H,10-11,13H2,1-2H3,(H,24,27)(H,25,26,29). The number of anilines is 1. The first kappa shape index (κ1) is 22.1. The molecule has 11 heteroatoms. The van der Waals surface area contributed by atoms with Gasteiger partial charge in [0.2, 0.25) is 5.95 Å². The van der Waals surface area contributed by atoms with Gasteiger partial charge in [-0.05, 0) is 18.2 Å².